The number of nitrogens with two attached hydrogens (primary N) is 1. The van der Waals surface area contributed by atoms with Crippen LogP contribution < -0.4 is 16.4 Å². The van der Waals surface area contributed by atoms with Gasteiger partial charge in [0.15, 0.2) is 0 Å². The number of carbonyl (C=O) groups excluding carboxylic acids is 1. The Labute approximate surface area is 58.9 Å². The van der Waals surface area contributed by atoms with Gasteiger partial charge in [0, 0.05) is 13.1 Å². The summed E-state index contributed by atoms with van der Waals surface area (Å²) in [7, 11) is 0. The number of hydrogen-bond acceptors (Lipinski definition) is 3. The molecule has 0 radical (unpaired) electrons. The van der Waals surface area contributed by atoms with Crippen LogP contribution >= 0.6 is 0 Å². The summed E-state index contributed by atoms with van der Waals surface area (Å²) in [5.41, 5.74) is 4.87. The molecular weight excluding hydrogens is 134 g/mol. The van der Waals surface area contributed by atoms with Gasteiger partial charge in [-0.05, 0) is 0 Å². The maximum atomic E-state index is 10.3. The number of carbonyl (C=O) groups is 1. The van der Waals surface area contributed by atoms with Gasteiger partial charge >= 0.3 is 6.03 Å². The van der Waals surface area contributed by atoms with Crippen LogP contribution in [0.1, 0.15) is 0 Å². The third kappa shape index (κ3) is 2.20. The first-order chi connectivity index (χ1) is 4.79. The highest BCUT2D eigenvalue weighted by Crippen LogP contribution is 1.89. The maximum absolute atomic E-state index is 10.3. The summed E-state index contributed by atoms with van der Waals surface area (Å²) in [5, 5.41) is 5.48. The van der Waals surface area contributed by atoms with E-state index in [0.717, 1.165) is 6.54 Å². The fourth-order valence-corrected chi connectivity index (χ4v) is 0.817. The first-order valence-electron chi connectivity index (χ1n) is 3.17. The molecule has 0 aromatic carbocycles. The Bertz CT molecular complexity index is 122. The average Bonchev–Trinajstić information content (AvgIpc) is 1.88. The Morgan fingerprint density at radius 1 is 1.80 bits per heavy atom. The summed E-state index contributed by atoms with van der Waals surface area (Å²) in [4.78, 5) is 10.3. The molecule has 1 aliphatic rings. The molecule has 10 heavy (non-hydrogen) atoms. The van der Waals surface area contributed by atoms with Crippen LogP contribution in [0, 0.1) is 0 Å². The molecule has 4 N–H and O–H groups in total. The molecule has 0 aliphatic carbocycles. The molecule has 58 valence electrons. The first-order valence-corrected chi connectivity index (χ1v) is 3.17. The van der Waals surface area contributed by atoms with Crippen LogP contribution in [-0.4, -0.2) is 32.0 Å². The Morgan fingerprint density at radius 2 is 2.60 bits per heavy atom. The third-order valence-electron chi connectivity index (χ3n) is 1.23. The minimum absolute atomic E-state index is 0.258. The first kappa shape index (κ1) is 7.30. The van der Waals surface area contributed by atoms with Gasteiger partial charge in [-0.15, -0.1) is 0 Å². The van der Waals surface area contributed by atoms with E-state index in [0.29, 0.717) is 13.2 Å². The molecule has 2 amide bonds. The van der Waals surface area contributed by atoms with E-state index >= 15 is 0 Å². The fourth-order valence-electron chi connectivity index (χ4n) is 0.817. The van der Waals surface area contributed by atoms with Crippen molar-refractivity contribution in [1.29, 1.82) is 0 Å². The summed E-state index contributed by atoms with van der Waals surface area (Å²) in [6, 6.07) is -0.547. The van der Waals surface area contributed by atoms with Crippen LogP contribution in [0.25, 0.3) is 0 Å². The molecule has 1 aliphatic heterocycles. The minimum Gasteiger partial charge on any atom is -0.356 e. The summed E-state index contributed by atoms with van der Waals surface area (Å²) in [6.07, 6.45) is -0.258. The highest BCUT2D eigenvalue weighted by atomic mass is 16.5. The second kappa shape index (κ2) is 3.38. The molecule has 1 saturated heterocycles. The Balaban J connectivity index is 2.19. The highest BCUT2D eigenvalue weighted by molar-refractivity contribution is 5.71. The Morgan fingerprint density at radius 3 is 3.10 bits per heavy atom. The largest absolute Gasteiger partial charge is 0.356 e. The van der Waals surface area contributed by atoms with Crippen LogP contribution in [0.3, 0.4) is 0 Å². The van der Waals surface area contributed by atoms with Crippen LogP contribution in [0.5, 0.6) is 0 Å². The van der Waals surface area contributed by atoms with E-state index < -0.39 is 6.03 Å². The van der Waals surface area contributed by atoms with Crippen molar-refractivity contribution < 1.29 is 9.53 Å². The predicted molar refractivity (Wildman–Crippen MR) is 35.3 cm³/mol. The molecule has 1 rings (SSSR count). The van der Waals surface area contributed by atoms with Crippen LogP contribution in [0.4, 0.5) is 4.79 Å². The molecule has 0 bridgehead atoms. The number of morpholine rings is 1. The van der Waals surface area contributed by atoms with Gasteiger partial charge in [0.05, 0.1) is 6.61 Å². The molecule has 1 unspecified atom stereocenters. The van der Waals surface area contributed by atoms with E-state index in [2.05, 4.69) is 10.6 Å². The van der Waals surface area contributed by atoms with Crippen molar-refractivity contribution in [1.82, 2.24) is 10.6 Å². The summed E-state index contributed by atoms with van der Waals surface area (Å²) >= 11 is 0. The van der Waals surface area contributed by atoms with E-state index in [9.17, 15) is 4.79 Å². The lowest BCUT2D eigenvalue weighted by molar-refractivity contribution is 0.0152. The zero-order valence-corrected chi connectivity index (χ0v) is 5.59. The second-order valence-corrected chi connectivity index (χ2v) is 2.07. The number of hydrogen-bond donors (Lipinski definition) is 3. The van der Waals surface area contributed by atoms with Crippen LogP contribution in [0.15, 0.2) is 0 Å². The second-order valence-electron chi connectivity index (χ2n) is 2.07. The lowest BCUT2D eigenvalue weighted by atomic mass is 10.4. The molecule has 5 heteroatoms. The lowest BCUT2D eigenvalue weighted by Crippen LogP contribution is -2.50. The number of primary amides is 1. The van der Waals surface area contributed by atoms with Gasteiger partial charge in [-0.1, -0.05) is 0 Å². The van der Waals surface area contributed by atoms with Crippen molar-refractivity contribution in [2.45, 2.75) is 6.23 Å². The van der Waals surface area contributed by atoms with Crippen molar-refractivity contribution in [3.63, 3.8) is 0 Å². The van der Waals surface area contributed by atoms with Gasteiger partial charge in [0.1, 0.15) is 6.23 Å². The van der Waals surface area contributed by atoms with Gasteiger partial charge in [0.2, 0.25) is 0 Å². The number of ether oxygens (including phenoxy) is 1. The molecule has 0 saturated carbocycles. The quantitative estimate of drug-likeness (QED) is 0.424. The molecule has 0 aromatic heterocycles. The average molecular weight is 145 g/mol. The molecule has 1 fully saturated rings. The van der Waals surface area contributed by atoms with Gasteiger partial charge < -0.3 is 21.1 Å². The van der Waals surface area contributed by atoms with Gasteiger partial charge in [0.25, 0.3) is 0 Å². The van der Waals surface area contributed by atoms with Crippen molar-refractivity contribution in [3.8, 4) is 0 Å². The SMILES string of the molecule is NC(=O)NC1CNCCO1. The van der Waals surface area contributed by atoms with E-state index in [-0.39, 0.29) is 6.23 Å². The number of urea groups is 1. The van der Waals surface area contributed by atoms with Crippen molar-refractivity contribution in [3.05, 3.63) is 0 Å². The zero-order chi connectivity index (χ0) is 7.40. The van der Waals surface area contributed by atoms with Crippen molar-refractivity contribution in [2.24, 2.45) is 5.73 Å². The summed E-state index contributed by atoms with van der Waals surface area (Å²) in [6.45, 7) is 2.07. The van der Waals surface area contributed by atoms with Crippen molar-refractivity contribution >= 4 is 6.03 Å². The number of amides is 2. The van der Waals surface area contributed by atoms with E-state index in [1.807, 2.05) is 0 Å². The van der Waals surface area contributed by atoms with Crippen LogP contribution in [-0.2, 0) is 4.74 Å². The molecule has 1 atom stereocenters. The Kier molecular flexibility index (Phi) is 2.47. The topological polar surface area (TPSA) is 76.4 Å². The fraction of sp³-hybridized carbons (Fsp3) is 0.800. The lowest BCUT2D eigenvalue weighted by Gasteiger charge is -2.23. The maximum Gasteiger partial charge on any atom is 0.314 e. The third-order valence-corrected chi connectivity index (χ3v) is 1.23. The van der Waals surface area contributed by atoms with Gasteiger partial charge in [-0.25, -0.2) is 4.79 Å². The van der Waals surface area contributed by atoms with E-state index in [1.165, 1.54) is 0 Å². The molecular formula is C5H11N3O2. The summed E-state index contributed by atoms with van der Waals surface area (Å²) < 4.78 is 5.11. The van der Waals surface area contributed by atoms with E-state index in [1.54, 1.807) is 0 Å². The number of nitrogens with one attached hydrogen (secondary N) is 2. The van der Waals surface area contributed by atoms with Gasteiger partial charge in [-0.2, -0.15) is 0 Å². The number of rotatable bonds is 1. The smallest absolute Gasteiger partial charge is 0.314 e. The standard InChI is InChI=1S/C5H11N3O2/c6-5(9)8-4-3-7-1-2-10-4/h4,7H,1-3H2,(H3,6,8,9). The molecule has 0 spiro atoms. The predicted octanol–water partition coefficient (Wildman–Crippen LogP) is -1.40. The monoisotopic (exact) mass is 145 g/mol. The molecule has 0 aromatic rings. The molecule has 1 heterocycles. The normalized spacial score (nSPS) is 25.8. The van der Waals surface area contributed by atoms with E-state index in [4.69, 9.17) is 10.5 Å². The van der Waals surface area contributed by atoms with Gasteiger partial charge in [-0.3, -0.25) is 0 Å². The van der Waals surface area contributed by atoms with Crippen molar-refractivity contribution in [2.75, 3.05) is 19.7 Å². The molecule has 5 nitrogen and oxygen atoms in total. The minimum atomic E-state index is -0.547. The Hall–Kier alpha value is -0.810. The van der Waals surface area contributed by atoms with Crippen LogP contribution in [0.2, 0.25) is 0 Å². The zero-order valence-electron chi connectivity index (χ0n) is 5.59. The summed E-state index contributed by atoms with van der Waals surface area (Å²) in [5.74, 6) is 0. The highest BCUT2D eigenvalue weighted by Gasteiger charge is 2.12.